The Morgan fingerprint density at radius 3 is 2.88 bits per heavy atom. The van der Waals surface area contributed by atoms with E-state index >= 15 is 0 Å². The maximum Gasteiger partial charge on any atom is 0.332 e. The predicted molar refractivity (Wildman–Crippen MR) is 103 cm³/mol. The van der Waals surface area contributed by atoms with Gasteiger partial charge in [0.1, 0.15) is 5.82 Å². The summed E-state index contributed by atoms with van der Waals surface area (Å²) in [4.78, 5) is 19.5. The van der Waals surface area contributed by atoms with Gasteiger partial charge >= 0.3 is 6.03 Å². The number of nitrogens with one attached hydrogen (secondary N) is 2. The zero-order valence-electron chi connectivity index (χ0n) is 14.2. The summed E-state index contributed by atoms with van der Waals surface area (Å²) in [5.74, 6) is 0.544. The summed E-state index contributed by atoms with van der Waals surface area (Å²) in [6, 6.07) is 12.7. The van der Waals surface area contributed by atoms with Gasteiger partial charge in [-0.2, -0.15) is 5.10 Å². The smallest absolute Gasteiger partial charge is 0.332 e. The summed E-state index contributed by atoms with van der Waals surface area (Å²) in [6.07, 6.45) is 1.77. The van der Waals surface area contributed by atoms with Gasteiger partial charge in [0.15, 0.2) is 0 Å². The van der Waals surface area contributed by atoms with Crippen LogP contribution in [0.3, 0.4) is 0 Å². The van der Waals surface area contributed by atoms with Crippen molar-refractivity contribution in [1.82, 2.24) is 15.4 Å². The molecular formula is C18H19N7O. The van der Waals surface area contributed by atoms with E-state index in [4.69, 9.17) is 11.5 Å². The highest BCUT2D eigenvalue weighted by Gasteiger charge is 2.06. The van der Waals surface area contributed by atoms with Crippen LogP contribution in [0.1, 0.15) is 18.2 Å². The van der Waals surface area contributed by atoms with E-state index in [2.05, 4.69) is 31.9 Å². The molecule has 2 aromatic heterocycles. The molecule has 0 saturated carbocycles. The Labute approximate surface area is 150 Å². The quantitative estimate of drug-likeness (QED) is 0.414. The summed E-state index contributed by atoms with van der Waals surface area (Å²) in [5, 5.41) is 8.17. The van der Waals surface area contributed by atoms with Crippen LogP contribution >= 0.6 is 0 Å². The van der Waals surface area contributed by atoms with Crippen molar-refractivity contribution in [3.63, 3.8) is 0 Å². The summed E-state index contributed by atoms with van der Waals surface area (Å²) < 4.78 is 0. The number of amides is 2. The average Bonchev–Trinajstić information content (AvgIpc) is 2.65. The molecule has 0 unspecified atom stereocenters. The van der Waals surface area contributed by atoms with Crippen LogP contribution < -0.4 is 22.2 Å². The Morgan fingerprint density at radius 1 is 1.23 bits per heavy atom. The van der Waals surface area contributed by atoms with Crippen LogP contribution in [-0.4, -0.2) is 21.7 Å². The highest BCUT2D eigenvalue weighted by molar-refractivity contribution is 5.98. The molecule has 0 aliphatic rings. The molecule has 2 amide bonds. The summed E-state index contributed by atoms with van der Waals surface area (Å²) in [5.41, 5.74) is 16.8. The minimum Gasteiger partial charge on any atom is -0.396 e. The van der Waals surface area contributed by atoms with Crippen molar-refractivity contribution in [2.75, 3.05) is 11.1 Å². The van der Waals surface area contributed by atoms with E-state index in [9.17, 15) is 4.79 Å². The van der Waals surface area contributed by atoms with Gasteiger partial charge in [-0.1, -0.05) is 12.1 Å². The van der Waals surface area contributed by atoms with E-state index in [1.165, 1.54) is 0 Å². The molecule has 0 fully saturated rings. The van der Waals surface area contributed by atoms with Gasteiger partial charge in [-0.3, -0.25) is 4.98 Å². The first-order chi connectivity index (χ1) is 12.5. The second-order valence-corrected chi connectivity index (χ2v) is 5.69. The van der Waals surface area contributed by atoms with Crippen LogP contribution in [0.25, 0.3) is 10.9 Å². The van der Waals surface area contributed by atoms with Gasteiger partial charge in [0.25, 0.3) is 0 Å². The van der Waals surface area contributed by atoms with Gasteiger partial charge in [-0.25, -0.2) is 15.2 Å². The number of carbonyl (C=O) groups is 1. The molecule has 0 saturated heterocycles. The number of hydrogen-bond donors (Lipinski definition) is 4. The highest BCUT2D eigenvalue weighted by atomic mass is 16.2. The molecule has 132 valence electrons. The van der Waals surface area contributed by atoms with Crippen molar-refractivity contribution in [3.8, 4) is 0 Å². The number of fused-ring (bicyclic) bond motifs is 1. The molecule has 0 radical (unpaired) electrons. The third-order valence-electron chi connectivity index (χ3n) is 3.76. The predicted octanol–water partition coefficient (Wildman–Crippen LogP) is 2.22. The van der Waals surface area contributed by atoms with Gasteiger partial charge < -0.3 is 16.8 Å². The monoisotopic (exact) mass is 349 g/mol. The first kappa shape index (κ1) is 17.2. The number of pyridine rings is 2. The van der Waals surface area contributed by atoms with Crippen LogP contribution in [0.2, 0.25) is 0 Å². The average molecular weight is 349 g/mol. The number of nitrogen functional groups attached to an aromatic ring is 1. The van der Waals surface area contributed by atoms with Crippen LogP contribution in [-0.2, 0) is 6.54 Å². The number of primary amides is 1. The van der Waals surface area contributed by atoms with E-state index < -0.39 is 6.03 Å². The molecule has 6 N–H and O–H groups in total. The Morgan fingerprint density at radius 2 is 2.08 bits per heavy atom. The number of anilines is 2. The Hall–Kier alpha value is -3.68. The lowest BCUT2D eigenvalue weighted by Gasteiger charge is -2.11. The third kappa shape index (κ3) is 4.04. The standard InChI is InChI=1S/C18H19N7O/c1-11(24-25-18(20)26)15-7-5-14(19)17(23-15)22-10-12-4-6-16-13(9-12)3-2-8-21-16/h2-9H,10,19H2,1H3,(H,22,23)(H3,20,25,26)/b24-11+. The van der Waals surface area contributed by atoms with Crippen molar-refractivity contribution < 1.29 is 4.79 Å². The van der Waals surface area contributed by atoms with Crippen molar-refractivity contribution in [1.29, 1.82) is 0 Å². The van der Waals surface area contributed by atoms with Gasteiger partial charge in [-0.05, 0) is 42.8 Å². The van der Waals surface area contributed by atoms with E-state index in [0.717, 1.165) is 16.5 Å². The molecule has 3 aromatic rings. The van der Waals surface area contributed by atoms with Crippen molar-refractivity contribution in [3.05, 3.63) is 59.9 Å². The number of nitrogens with zero attached hydrogens (tertiary/aromatic N) is 3. The topological polar surface area (TPSA) is 131 Å². The SMILES string of the molecule is C/C(=N\NC(N)=O)c1ccc(N)c(NCc2ccc3ncccc3c2)n1. The van der Waals surface area contributed by atoms with E-state index in [-0.39, 0.29) is 0 Å². The molecule has 0 bridgehead atoms. The minimum absolute atomic E-state index is 0.517. The second-order valence-electron chi connectivity index (χ2n) is 5.69. The molecule has 8 heteroatoms. The Kier molecular flexibility index (Phi) is 4.93. The zero-order valence-corrected chi connectivity index (χ0v) is 14.2. The van der Waals surface area contributed by atoms with Crippen molar-refractivity contribution in [2.45, 2.75) is 13.5 Å². The number of urea groups is 1. The summed E-state index contributed by atoms with van der Waals surface area (Å²) in [7, 11) is 0. The van der Waals surface area contributed by atoms with Crippen LogP contribution in [0.15, 0.2) is 53.8 Å². The number of nitrogens with two attached hydrogens (primary N) is 2. The highest BCUT2D eigenvalue weighted by Crippen LogP contribution is 2.19. The van der Waals surface area contributed by atoms with Crippen molar-refractivity contribution >= 4 is 34.2 Å². The van der Waals surface area contributed by atoms with Gasteiger partial charge in [-0.15, -0.1) is 0 Å². The first-order valence-electron chi connectivity index (χ1n) is 7.97. The fourth-order valence-corrected chi connectivity index (χ4v) is 2.43. The lowest BCUT2D eigenvalue weighted by molar-refractivity contribution is 0.249. The normalized spacial score (nSPS) is 11.3. The number of aromatic nitrogens is 2. The zero-order chi connectivity index (χ0) is 18.5. The molecule has 1 aromatic carbocycles. The number of hydrazone groups is 1. The summed E-state index contributed by atoms with van der Waals surface area (Å²) >= 11 is 0. The Bertz CT molecular complexity index is 984. The molecule has 3 rings (SSSR count). The second kappa shape index (κ2) is 7.47. The molecule has 0 spiro atoms. The van der Waals surface area contributed by atoms with Gasteiger partial charge in [0.05, 0.1) is 22.6 Å². The molecule has 2 heterocycles. The third-order valence-corrected chi connectivity index (χ3v) is 3.76. The van der Waals surface area contributed by atoms with E-state index in [0.29, 0.717) is 29.5 Å². The Balaban J connectivity index is 1.77. The lowest BCUT2D eigenvalue weighted by Crippen LogP contribution is -2.25. The maximum atomic E-state index is 10.8. The number of carbonyl (C=O) groups excluding carboxylic acids is 1. The van der Waals surface area contributed by atoms with E-state index in [1.807, 2.05) is 24.3 Å². The molecule has 26 heavy (non-hydrogen) atoms. The molecule has 0 aliphatic carbocycles. The fraction of sp³-hybridized carbons (Fsp3) is 0.111. The summed E-state index contributed by atoms with van der Waals surface area (Å²) in [6.45, 7) is 2.27. The molecule has 0 atom stereocenters. The largest absolute Gasteiger partial charge is 0.396 e. The van der Waals surface area contributed by atoms with E-state index in [1.54, 1.807) is 25.3 Å². The number of benzene rings is 1. The van der Waals surface area contributed by atoms with Gasteiger partial charge in [0, 0.05) is 18.1 Å². The van der Waals surface area contributed by atoms with Crippen LogP contribution in [0, 0.1) is 0 Å². The minimum atomic E-state index is -0.732. The lowest BCUT2D eigenvalue weighted by atomic mass is 10.1. The van der Waals surface area contributed by atoms with Crippen LogP contribution in [0.5, 0.6) is 0 Å². The maximum absolute atomic E-state index is 10.8. The van der Waals surface area contributed by atoms with Gasteiger partial charge in [0.2, 0.25) is 0 Å². The molecular weight excluding hydrogens is 330 g/mol. The number of hydrogen-bond acceptors (Lipinski definition) is 6. The van der Waals surface area contributed by atoms with Crippen LogP contribution in [0.4, 0.5) is 16.3 Å². The molecule has 0 aliphatic heterocycles. The molecule has 8 nitrogen and oxygen atoms in total. The first-order valence-corrected chi connectivity index (χ1v) is 7.97. The number of rotatable bonds is 5. The fourth-order valence-electron chi connectivity index (χ4n) is 2.43. The van der Waals surface area contributed by atoms with Crippen molar-refractivity contribution in [2.24, 2.45) is 10.8 Å².